The van der Waals surface area contributed by atoms with Crippen LogP contribution in [0.1, 0.15) is 55.8 Å². The van der Waals surface area contributed by atoms with Gasteiger partial charge in [0.2, 0.25) is 17.8 Å². The van der Waals surface area contributed by atoms with Gasteiger partial charge in [-0.2, -0.15) is 4.39 Å². The molecule has 2 amide bonds. The third kappa shape index (κ3) is 4.66. The monoisotopic (exact) mass is 415 g/mol. The van der Waals surface area contributed by atoms with E-state index < -0.39 is 30.1 Å². The van der Waals surface area contributed by atoms with E-state index in [9.17, 15) is 18.4 Å². The second-order valence-electron chi connectivity index (χ2n) is 7.69. The average molecular weight is 415 g/mol. The first kappa shape index (κ1) is 21.9. The number of hydrogen-bond acceptors (Lipinski definition) is 3. The Hall–Kier alpha value is -2.83. The second kappa shape index (κ2) is 9.32. The lowest BCUT2D eigenvalue weighted by Crippen LogP contribution is -2.47. The summed E-state index contributed by atoms with van der Waals surface area (Å²) < 4.78 is 28.6. The van der Waals surface area contributed by atoms with Crippen molar-refractivity contribution in [1.82, 2.24) is 15.2 Å². The highest BCUT2D eigenvalue weighted by atomic mass is 19.1. The fourth-order valence-electron chi connectivity index (χ4n) is 3.82. The molecule has 0 spiro atoms. The maximum absolute atomic E-state index is 14.6. The summed E-state index contributed by atoms with van der Waals surface area (Å²) in [4.78, 5) is 30.5. The lowest BCUT2D eigenvalue weighted by atomic mass is 10.0. The number of nitrogens with one attached hydrogen (secondary N) is 1. The van der Waals surface area contributed by atoms with Crippen LogP contribution in [0.15, 0.2) is 49.1 Å². The van der Waals surface area contributed by atoms with Gasteiger partial charge in [0.15, 0.2) is 0 Å². The van der Waals surface area contributed by atoms with Gasteiger partial charge < -0.3 is 10.2 Å². The summed E-state index contributed by atoms with van der Waals surface area (Å²) in [6.45, 7) is 9.00. The van der Waals surface area contributed by atoms with Gasteiger partial charge in [0.05, 0.1) is 18.3 Å². The van der Waals surface area contributed by atoms with Crippen LogP contribution in [0, 0.1) is 5.95 Å². The van der Waals surface area contributed by atoms with Crippen molar-refractivity contribution in [2.45, 2.75) is 56.8 Å². The summed E-state index contributed by atoms with van der Waals surface area (Å²) in [6, 6.07) is 1.67. The zero-order chi connectivity index (χ0) is 21.8. The van der Waals surface area contributed by atoms with E-state index in [0.717, 1.165) is 12.8 Å². The molecule has 2 heterocycles. The molecule has 0 aromatic carbocycles. The van der Waals surface area contributed by atoms with Crippen molar-refractivity contribution in [2.24, 2.45) is 0 Å². The smallest absolute Gasteiger partial charge is 0.243 e. The van der Waals surface area contributed by atoms with Crippen LogP contribution in [0.5, 0.6) is 0 Å². The van der Waals surface area contributed by atoms with Crippen LogP contribution in [-0.4, -0.2) is 40.5 Å². The summed E-state index contributed by atoms with van der Waals surface area (Å²) in [5.74, 6) is -1.14. The quantitative estimate of drug-likeness (QED) is 0.517. The number of allylic oxidation sites excluding steroid dienone is 2. The van der Waals surface area contributed by atoms with E-state index in [2.05, 4.69) is 23.5 Å². The molecule has 2 fully saturated rings. The standard InChI is InChI=1S/C23H27F2N3O2/c1-4-7-14(5-2)21(18-11-10-17(15-8-9-15)22(25)26-18)27-23(30)19-12-16(24)13-28(19)20(29)6-3/h4-5,7,10-11,15-16,19,21H,1-2,6,8-9,12-13H2,3H3,(H,27,30)/b14-7+. The Morgan fingerprint density at radius 2 is 2.10 bits per heavy atom. The molecule has 1 aromatic rings. The van der Waals surface area contributed by atoms with E-state index in [1.54, 1.807) is 25.1 Å². The molecule has 3 unspecified atom stereocenters. The molecule has 1 N–H and O–H groups in total. The van der Waals surface area contributed by atoms with Gasteiger partial charge in [0, 0.05) is 18.4 Å². The number of halogens is 2. The molecule has 1 saturated carbocycles. The molecule has 2 aliphatic rings. The molecule has 0 bridgehead atoms. The second-order valence-corrected chi connectivity index (χ2v) is 7.69. The molecule has 160 valence electrons. The van der Waals surface area contributed by atoms with Gasteiger partial charge in [-0.15, -0.1) is 0 Å². The molecule has 0 radical (unpaired) electrons. The van der Waals surface area contributed by atoms with Crippen molar-refractivity contribution in [3.05, 3.63) is 66.3 Å². The third-order valence-electron chi connectivity index (χ3n) is 5.55. The van der Waals surface area contributed by atoms with Crippen molar-refractivity contribution in [2.75, 3.05) is 6.54 Å². The van der Waals surface area contributed by atoms with Crippen LogP contribution in [0.3, 0.4) is 0 Å². The minimum atomic E-state index is -1.26. The number of amides is 2. The van der Waals surface area contributed by atoms with Gasteiger partial charge in [-0.1, -0.05) is 44.4 Å². The molecular weight excluding hydrogens is 388 g/mol. The fraction of sp³-hybridized carbons (Fsp3) is 0.435. The molecule has 1 aromatic heterocycles. The molecule has 3 atom stereocenters. The van der Waals surface area contributed by atoms with Gasteiger partial charge in [0.25, 0.3) is 0 Å². The molecule has 1 aliphatic heterocycles. The van der Waals surface area contributed by atoms with Crippen LogP contribution in [0.4, 0.5) is 8.78 Å². The number of likely N-dealkylation sites (tertiary alicyclic amines) is 1. The predicted octanol–water partition coefficient (Wildman–Crippen LogP) is 3.90. The average Bonchev–Trinajstić information content (AvgIpc) is 3.50. The van der Waals surface area contributed by atoms with E-state index in [1.165, 1.54) is 17.1 Å². The number of hydrogen-bond donors (Lipinski definition) is 1. The normalized spacial score (nSPS) is 22.5. The van der Waals surface area contributed by atoms with E-state index in [4.69, 9.17) is 0 Å². The Morgan fingerprint density at radius 3 is 2.67 bits per heavy atom. The van der Waals surface area contributed by atoms with E-state index in [1.807, 2.05) is 0 Å². The SMILES string of the molecule is C=C/C=C(\C=C)C(NC(=O)C1CC(F)CN1C(=O)CC)c1ccc(C2CC2)c(F)n1. The first-order valence-electron chi connectivity index (χ1n) is 10.2. The van der Waals surface area contributed by atoms with Crippen LogP contribution in [0.2, 0.25) is 0 Å². The van der Waals surface area contributed by atoms with Gasteiger partial charge in [-0.05, 0) is 30.4 Å². The predicted molar refractivity (Wildman–Crippen MR) is 111 cm³/mol. The van der Waals surface area contributed by atoms with Gasteiger partial charge in [-0.3, -0.25) is 9.59 Å². The first-order valence-corrected chi connectivity index (χ1v) is 10.2. The summed E-state index contributed by atoms with van der Waals surface area (Å²) >= 11 is 0. The summed E-state index contributed by atoms with van der Waals surface area (Å²) in [7, 11) is 0. The van der Waals surface area contributed by atoms with Gasteiger partial charge in [0.1, 0.15) is 12.2 Å². The number of nitrogens with zero attached hydrogens (tertiary/aromatic N) is 2. The summed E-state index contributed by atoms with van der Waals surface area (Å²) in [6.07, 6.45) is 5.46. The van der Waals surface area contributed by atoms with Crippen LogP contribution in [-0.2, 0) is 9.59 Å². The van der Waals surface area contributed by atoms with E-state index in [0.29, 0.717) is 16.8 Å². The summed E-state index contributed by atoms with van der Waals surface area (Å²) in [5.41, 5.74) is 1.45. The number of carbonyl (C=O) groups excluding carboxylic acids is 2. The Bertz CT molecular complexity index is 879. The zero-order valence-electron chi connectivity index (χ0n) is 17.1. The molecule has 5 nitrogen and oxygen atoms in total. The lowest BCUT2D eigenvalue weighted by molar-refractivity contribution is -0.138. The highest BCUT2D eigenvalue weighted by Crippen LogP contribution is 2.41. The van der Waals surface area contributed by atoms with Crippen LogP contribution < -0.4 is 5.32 Å². The zero-order valence-corrected chi connectivity index (χ0v) is 17.1. The Labute approximate surface area is 175 Å². The number of carbonyl (C=O) groups is 2. The maximum atomic E-state index is 14.6. The minimum Gasteiger partial charge on any atom is -0.342 e. The molecular formula is C23H27F2N3O2. The van der Waals surface area contributed by atoms with E-state index >= 15 is 0 Å². The number of pyridine rings is 1. The van der Waals surface area contributed by atoms with Crippen molar-refractivity contribution in [1.29, 1.82) is 0 Å². The Morgan fingerprint density at radius 1 is 1.37 bits per heavy atom. The number of alkyl halides is 1. The topological polar surface area (TPSA) is 62.3 Å². The van der Waals surface area contributed by atoms with Crippen molar-refractivity contribution < 1.29 is 18.4 Å². The number of rotatable bonds is 8. The lowest BCUT2D eigenvalue weighted by Gasteiger charge is -2.26. The number of aromatic nitrogens is 1. The van der Waals surface area contributed by atoms with E-state index in [-0.39, 0.29) is 31.2 Å². The third-order valence-corrected chi connectivity index (χ3v) is 5.55. The molecule has 30 heavy (non-hydrogen) atoms. The fourth-order valence-corrected chi connectivity index (χ4v) is 3.82. The molecule has 1 saturated heterocycles. The highest BCUT2D eigenvalue weighted by molar-refractivity contribution is 5.88. The molecule has 7 heteroatoms. The first-order chi connectivity index (χ1) is 14.4. The Balaban J connectivity index is 1.89. The largest absolute Gasteiger partial charge is 0.342 e. The molecule has 1 aliphatic carbocycles. The van der Waals surface area contributed by atoms with Crippen molar-refractivity contribution in [3.8, 4) is 0 Å². The van der Waals surface area contributed by atoms with Crippen LogP contribution in [0.25, 0.3) is 0 Å². The maximum Gasteiger partial charge on any atom is 0.243 e. The van der Waals surface area contributed by atoms with Crippen molar-refractivity contribution in [3.63, 3.8) is 0 Å². The highest BCUT2D eigenvalue weighted by Gasteiger charge is 2.40. The minimum absolute atomic E-state index is 0.0682. The molecule has 3 rings (SSSR count). The summed E-state index contributed by atoms with van der Waals surface area (Å²) in [5, 5.41) is 2.82. The van der Waals surface area contributed by atoms with Crippen LogP contribution >= 0.6 is 0 Å². The van der Waals surface area contributed by atoms with Crippen molar-refractivity contribution >= 4 is 11.8 Å². The van der Waals surface area contributed by atoms with Gasteiger partial charge in [-0.25, -0.2) is 9.37 Å². The van der Waals surface area contributed by atoms with Gasteiger partial charge >= 0.3 is 0 Å². The Kier molecular flexibility index (Phi) is 6.80.